The number of carbonyl (C=O) groups is 3. The molecule has 1 atom stereocenters. The Hall–Kier alpha value is -5.17. The van der Waals surface area contributed by atoms with Gasteiger partial charge in [-0.3, -0.25) is 24.5 Å². The van der Waals surface area contributed by atoms with Gasteiger partial charge in [0.05, 0.1) is 17.6 Å². The number of halogens is 1. The van der Waals surface area contributed by atoms with Gasteiger partial charge in [0, 0.05) is 49.9 Å². The summed E-state index contributed by atoms with van der Waals surface area (Å²) >= 11 is 6.46. The Morgan fingerprint density at radius 1 is 1.02 bits per heavy atom. The van der Waals surface area contributed by atoms with Gasteiger partial charge in [0.15, 0.2) is 18.2 Å². The van der Waals surface area contributed by atoms with Gasteiger partial charge < -0.3 is 30.6 Å². The van der Waals surface area contributed by atoms with Crippen molar-refractivity contribution in [2.24, 2.45) is 13.0 Å². The van der Waals surface area contributed by atoms with E-state index in [1.807, 2.05) is 42.5 Å². The number of imide groups is 1. The summed E-state index contributed by atoms with van der Waals surface area (Å²) in [6, 6.07) is 15.4. The molecule has 3 heterocycles. The molecule has 49 heavy (non-hydrogen) atoms. The predicted molar refractivity (Wildman–Crippen MR) is 189 cm³/mol. The summed E-state index contributed by atoms with van der Waals surface area (Å²) in [6.07, 6.45) is 6.62. The van der Waals surface area contributed by atoms with Crippen molar-refractivity contribution < 1.29 is 19.1 Å². The molecule has 1 aliphatic heterocycles. The quantitative estimate of drug-likeness (QED) is 0.142. The highest BCUT2D eigenvalue weighted by Crippen LogP contribution is 2.30. The number of benzene rings is 2. The lowest BCUT2D eigenvalue weighted by Crippen LogP contribution is -2.39. The van der Waals surface area contributed by atoms with Gasteiger partial charge >= 0.3 is 0 Å². The van der Waals surface area contributed by atoms with Crippen molar-refractivity contribution in [1.82, 2.24) is 25.2 Å². The van der Waals surface area contributed by atoms with Crippen molar-refractivity contribution >= 4 is 63.4 Å². The summed E-state index contributed by atoms with van der Waals surface area (Å²) in [7, 11) is 3.15. The Balaban J connectivity index is 1.01. The fourth-order valence-corrected chi connectivity index (χ4v) is 6.47. The highest BCUT2D eigenvalue weighted by atomic mass is 35.5. The van der Waals surface area contributed by atoms with Gasteiger partial charge in [-0.1, -0.05) is 23.7 Å². The summed E-state index contributed by atoms with van der Waals surface area (Å²) < 4.78 is 6.95. The molecule has 5 N–H and O–H groups in total. The Morgan fingerprint density at radius 2 is 1.78 bits per heavy atom. The molecular weight excluding hydrogens is 648 g/mol. The number of hydrogen-bond acceptors (Lipinski definition) is 10. The average molecular weight is 687 g/mol. The largest absolute Gasteiger partial charge is 0.478 e. The fourth-order valence-electron chi connectivity index (χ4n) is 6.33. The lowest BCUT2D eigenvalue weighted by molar-refractivity contribution is -0.134. The third-order valence-electron chi connectivity index (χ3n) is 9.15. The third kappa shape index (κ3) is 8.11. The first-order chi connectivity index (χ1) is 23.7. The number of rotatable bonds is 11. The summed E-state index contributed by atoms with van der Waals surface area (Å²) in [5.41, 5.74) is 3.02. The van der Waals surface area contributed by atoms with Crippen molar-refractivity contribution in [3.05, 3.63) is 75.7 Å². The Morgan fingerprint density at radius 3 is 2.51 bits per heavy atom. The van der Waals surface area contributed by atoms with Crippen LogP contribution in [0.5, 0.6) is 5.75 Å². The van der Waals surface area contributed by atoms with Gasteiger partial charge in [0.1, 0.15) is 5.02 Å². The minimum absolute atomic E-state index is 0.0767. The number of aromatic nitrogens is 3. The Bertz CT molecular complexity index is 1920. The predicted octanol–water partition coefficient (Wildman–Crippen LogP) is 4.45. The van der Waals surface area contributed by atoms with Crippen LogP contribution in [0, 0.1) is 5.92 Å². The smallest absolute Gasteiger partial charge is 0.293 e. The van der Waals surface area contributed by atoms with Crippen molar-refractivity contribution in [3.8, 4) is 5.75 Å². The van der Waals surface area contributed by atoms with E-state index in [-0.39, 0.29) is 41.6 Å². The summed E-state index contributed by atoms with van der Waals surface area (Å²) in [4.78, 5) is 57.0. The molecule has 0 bridgehead atoms. The number of piperidine rings is 1. The van der Waals surface area contributed by atoms with Crippen LogP contribution in [0.25, 0.3) is 10.9 Å². The first kappa shape index (κ1) is 33.7. The zero-order valence-electron chi connectivity index (χ0n) is 27.3. The van der Waals surface area contributed by atoms with E-state index in [1.165, 1.54) is 11.6 Å². The summed E-state index contributed by atoms with van der Waals surface area (Å²) in [6.45, 7) is 0.473. The van der Waals surface area contributed by atoms with E-state index in [4.69, 9.17) is 16.3 Å². The Kier molecular flexibility index (Phi) is 10.3. The number of nitrogens with one attached hydrogen (secondary N) is 5. The zero-order valence-corrected chi connectivity index (χ0v) is 28.1. The molecule has 1 saturated carbocycles. The molecule has 2 aromatic heterocycles. The monoisotopic (exact) mass is 686 g/mol. The molecule has 3 amide bonds. The molecule has 2 aromatic carbocycles. The Labute approximate surface area is 288 Å². The lowest BCUT2D eigenvalue weighted by Gasteiger charge is -2.30. The van der Waals surface area contributed by atoms with Gasteiger partial charge in [0.2, 0.25) is 17.8 Å². The number of amides is 3. The molecule has 256 valence electrons. The standard InChI is InChI=1S/C35H39ClN8O5/c1-37-31(46)19-49-29-16-22-15-25(11-13-28(22)44(2)34(29)48)41-32-27(36)18-39-35(43-32)38-17-20-3-7-23(8-4-20)40-24-9-5-21(6-10-24)26-12-14-30(45)42-33(26)47/h5-6,9-11,13,15-16,18,20,23,26,40H,3-4,7-8,12,14,17,19H2,1-2H3,(H,37,46)(H,42,45,47)(H2,38,39,41,43)/t20-,23-,26?. The highest BCUT2D eigenvalue weighted by molar-refractivity contribution is 6.32. The number of likely N-dealkylation sites (N-methyl/N-ethyl adjacent to an activating group) is 1. The molecule has 2 fully saturated rings. The van der Waals surface area contributed by atoms with Gasteiger partial charge in [-0.05, 0) is 80.0 Å². The van der Waals surface area contributed by atoms with Crippen LogP contribution in [0.3, 0.4) is 0 Å². The van der Waals surface area contributed by atoms with Gasteiger partial charge in [-0.15, -0.1) is 0 Å². The highest BCUT2D eigenvalue weighted by Gasteiger charge is 2.28. The van der Waals surface area contributed by atoms with E-state index in [0.717, 1.165) is 48.9 Å². The molecule has 1 saturated heterocycles. The zero-order chi connectivity index (χ0) is 34.5. The number of ether oxygens (including phenoxy) is 1. The van der Waals surface area contributed by atoms with Crippen molar-refractivity contribution in [2.45, 2.75) is 50.5 Å². The van der Waals surface area contributed by atoms with Crippen LogP contribution in [-0.2, 0) is 21.4 Å². The normalized spacial score (nSPS) is 19.2. The van der Waals surface area contributed by atoms with E-state index < -0.39 is 0 Å². The second-order valence-corrected chi connectivity index (χ2v) is 12.9. The van der Waals surface area contributed by atoms with Crippen molar-refractivity contribution in [2.75, 3.05) is 36.1 Å². The number of anilines is 4. The fraction of sp³-hybridized carbons (Fsp3) is 0.371. The van der Waals surface area contributed by atoms with Crippen LogP contribution < -0.4 is 36.9 Å². The lowest BCUT2D eigenvalue weighted by atomic mass is 9.86. The summed E-state index contributed by atoms with van der Waals surface area (Å²) in [5.74, 6) is 0.417. The topological polar surface area (TPSA) is 168 Å². The van der Waals surface area contributed by atoms with E-state index in [9.17, 15) is 19.2 Å². The average Bonchev–Trinajstić information content (AvgIpc) is 3.10. The van der Waals surface area contributed by atoms with Crippen molar-refractivity contribution in [1.29, 1.82) is 0 Å². The third-order valence-corrected chi connectivity index (χ3v) is 9.43. The maximum Gasteiger partial charge on any atom is 0.293 e. The minimum Gasteiger partial charge on any atom is -0.478 e. The first-order valence-electron chi connectivity index (χ1n) is 16.4. The van der Waals surface area contributed by atoms with E-state index in [0.29, 0.717) is 52.8 Å². The van der Waals surface area contributed by atoms with Crippen LogP contribution in [-0.4, -0.2) is 58.5 Å². The van der Waals surface area contributed by atoms with Gasteiger partial charge in [-0.25, -0.2) is 4.98 Å². The SMILES string of the molecule is CNC(=O)COc1cc2cc(Nc3nc(NC[C@H]4CC[C@H](Nc5ccc(C6CCC(=O)NC6=O)cc5)CC4)ncc3Cl)ccc2n(C)c1=O. The van der Waals surface area contributed by atoms with Crippen LogP contribution in [0.4, 0.5) is 23.1 Å². The molecule has 1 aliphatic carbocycles. The number of fused-ring (bicyclic) bond motifs is 1. The molecule has 0 spiro atoms. The first-order valence-corrected chi connectivity index (χ1v) is 16.8. The van der Waals surface area contributed by atoms with Crippen LogP contribution in [0.2, 0.25) is 5.02 Å². The maximum atomic E-state index is 12.7. The van der Waals surface area contributed by atoms with Crippen LogP contribution in [0.1, 0.15) is 50.0 Å². The second-order valence-electron chi connectivity index (χ2n) is 12.5. The molecule has 0 radical (unpaired) electrons. The van der Waals surface area contributed by atoms with Crippen molar-refractivity contribution in [3.63, 3.8) is 0 Å². The van der Waals surface area contributed by atoms with Crippen LogP contribution >= 0.6 is 11.6 Å². The molecular formula is C35H39ClN8O5. The van der Waals surface area contributed by atoms with Crippen LogP contribution in [0.15, 0.2) is 59.5 Å². The molecule has 1 unspecified atom stereocenters. The van der Waals surface area contributed by atoms with Gasteiger partial charge in [-0.2, -0.15) is 4.98 Å². The number of carbonyl (C=O) groups excluding carboxylic acids is 3. The van der Waals surface area contributed by atoms with E-state index >= 15 is 0 Å². The molecule has 4 aromatic rings. The molecule has 14 heteroatoms. The number of nitrogens with zero attached hydrogens (tertiary/aromatic N) is 3. The molecule has 13 nitrogen and oxygen atoms in total. The van der Waals surface area contributed by atoms with E-state index in [1.54, 1.807) is 19.3 Å². The second kappa shape index (κ2) is 14.9. The number of hydrogen-bond donors (Lipinski definition) is 5. The minimum atomic E-state index is -0.338. The molecule has 6 rings (SSSR count). The van der Waals surface area contributed by atoms with E-state index in [2.05, 4.69) is 36.6 Å². The number of aryl methyl sites for hydroxylation is 1. The van der Waals surface area contributed by atoms with Gasteiger partial charge in [0.25, 0.3) is 11.5 Å². The number of pyridine rings is 1. The summed E-state index contributed by atoms with van der Waals surface area (Å²) in [5, 5.41) is 16.2. The molecule has 2 aliphatic rings. The maximum absolute atomic E-state index is 12.7.